The number of amides is 1. The van der Waals surface area contributed by atoms with E-state index in [1.54, 1.807) is 29.2 Å². The number of benzene rings is 2. The van der Waals surface area contributed by atoms with Crippen LogP contribution in [0, 0.1) is 5.82 Å². The largest absolute Gasteiger partial charge is 0.453 e. The standard InChI is InChI=1S/C20H19FN2O5S/c21-14-5-7-15(8-6-14)29(26,27)23-11-9-22(10-12-23)19(24)13-18-16-3-1-2-4-17(16)20(25)28-18/h1-8,18H,9-13H2/t18-/m1/s1. The summed E-state index contributed by atoms with van der Waals surface area (Å²) in [5.41, 5.74) is 1.17. The first kappa shape index (κ1) is 19.5. The lowest BCUT2D eigenvalue weighted by atomic mass is 10.0. The van der Waals surface area contributed by atoms with Crippen LogP contribution < -0.4 is 0 Å². The lowest BCUT2D eigenvalue weighted by Crippen LogP contribution is -2.50. The van der Waals surface area contributed by atoms with Gasteiger partial charge in [-0.2, -0.15) is 4.31 Å². The number of carbonyl (C=O) groups excluding carboxylic acids is 2. The summed E-state index contributed by atoms with van der Waals surface area (Å²) < 4.78 is 45.0. The Kier molecular flexibility index (Phi) is 5.10. The molecule has 0 bridgehead atoms. The second-order valence-electron chi connectivity index (χ2n) is 6.92. The van der Waals surface area contributed by atoms with Gasteiger partial charge >= 0.3 is 5.97 Å². The first-order chi connectivity index (χ1) is 13.9. The summed E-state index contributed by atoms with van der Waals surface area (Å²) in [4.78, 5) is 26.2. The highest BCUT2D eigenvalue weighted by molar-refractivity contribution is 7.89. The molecule has 1 saturated heterocycles. The number of nitrogens with zero attached hydrogens (tertiary/aromatic N) is 2. The van der Waals surface area contributed by atoms with Crippen LogP contribution in [-0.4, -0.2) is 55.7 Å². The van der Waals surface area contributed by atoms with Crippen LogP contribution in [0.3, 0.4) is 0 Å². The third-order valence-corrected chi connectivity index (χ3v) is 7.09. The summed E-state index contributed by atoms with van der Waals surface area (Å²) in [7, 11) is -3.74. The average Bonchev–Trinajstić information content (AvgIpc) is 3.04. The Morgan fingerprint density at radius 3 is 2.38 bits per heavy atom. The van der Waals surface area contributed by atoms with Gasteiger partial charge in [0.2, 0.25) is 15.9 Å². The van der Waals surface area contributed by atoms with Crippen molar-refractivity contribution in [3.05, 3.63) is 65.5 Å². The summed E-state index contributed by atoms with van der Waals surface area (Å²) in [5, 5.41) is 0. The minimum Gasteiger partial charge on any atom is -0.453 e. The van der Waals surface area contributed by atoms with E-state index in [0.29, 0.717) is 11.1 Å². The maximum atomic E-state index is 13.1. The number of cyclic esters (lactones) is 1. The van der Waals surface area contributed by atoms with E-state index in [9.17, 15) is 22.4 Å². The molecule has 4 rings (SSSR count). The van der Waals surface area contributed by atoms with Crippen LogP contribution in [0.25, 0.3) is 0 Å². The molecule has 0 unspecified atom stereocenters. The van der Waals surface area contributed by atoms with Crippen molar-refractivity contribution >= 4 is 21.9 Å². The number of halogens is 1. The zero-order chi connectivity index (χ0) is 20.6. The van der Waals surface area contributed by atoms with Crippen LogP contribution in [0.5, 0.6) is 0 Å². The van der Waals surface area contributed by atoms with Gasteiger partial charge in [-0.3, -0.25) is 4.79 Å². The normalized spacial score (nSPS) is 19.7. The molecule has 7 nitrogen and oxygen atoms in total. The second kappa shape index (κ2) is 7.57. The predicted molar refractivity (Wildman–Crippen MR) is 101 cm³/mol. The van der Waals surface area contributed by atoms with E-state index in [-0.39, 0.29) is 43.4 Å². The number of sulfonamides is 1. The first-order valence-corrected chi connectivity index (χ1v) is 10.6. The highest BCUT2D eigenvalue weighted by atomic mass is 32.2. The number of rotatable bonds is 4. The van der Waals surface area contributed by atoms with Gasteiger partial charge in [-0.05, 0) is 30.3 Å². The van der Waals surface area contributed by atoms with Gasteiger partial charge in [-0.15, -0.1) is 0 Å². The Balaban J connectivity index is 1.38. The molecule has 1 atom stereocenters. The molecule has 0 aliphatic carbocycles. The van der Waals surface area contributed by atoms with Crippen molar-refractivity contribution in [1.82, 2.24) is 9.21 Å². The minimum absolute atomic E-state index is 0.0213. The van der Waals surface area contributed by atoms with E-state index in [4.69, 9.17) is 4.74 Å². The topological polar surface area (TPSA) is 84.0 Å². The molecular formula is C20H19FN2O5S. The van der Waals surface area contributed by atoms with Crippen molar-refractivity contribution in [1.29, 1.82) is 0 Å². The Labute approximate surface area is 167 Å². The monoisotopic (exact) mass is 418 g/mol. The highest BCUT2D eigenvalue weighted by Crippen LogP contribution is 2.33. The Bertz CT molecular complexity index is 1050. The molecule has 0 N–H and O–H groups in total. The van der Waals surface area contributed by atoms with E-state index < -0.39 is 27.9 Å². The number of fused-ring (bicyclic) bond motifs is 1. The lowest BCUT2D eigenvalue weighted by molar-refractivity contribution is -0.134. The van der Waals surface area contributed by atoms with E-state index in [1.165, 1.54) is 16.4 Å². The molecule has 1 fully saturated rings. The lowest BCUT2D eigenvalue weighted by Gasteiger charge is -2.34. The number of esters is 1. The fourth-order valence-corrected chi connectivity index (χ4v) is 5.01. The van der Waals surface area contributed by atoms with Gasteiger partial charge in [0.25, 0.3) is 0 Å². The average molecular weight is 418 g/mol. The summed E-state index contributed by atoms with van der Waals surface area (Å²) >= 11 is 0. The number of piperazine rings is 1. The van der Waals surface area contributed by atoms with Crippen molar-refractivity contribution < 1.29 is 27.1 Å². The van der Waals surface area contributed by atoms with Crippen molar-refractivity contribution in [3.8, 4) is 0 Å². The van der Waals surface area contributed by atoms with Gasteiger partial charge in [-0.1, -0.05) is 18.2 Å². The predicted octanol–water partition coefficient (Wildman–Crippen LogP) is 1.96. The molecule has 1 amide bonds. The summed E-state index contributed by atoms with van der Waals surface area (Å²) in [5.74, 6) is -1.14. The Morgan fingerprint density at radius 2 is 1.69 bits per heavy atom. The van der Waals surface area contributed by atoms with Gasteiger partial charge < -0.3 is 9.64 Å². The number of hydrogen-bond donors (Lipinski definition) is 0. The van der Waals surface area contributed by atoms with Crippen LogP contribution in [0.1, 0.15) is 28.4 Å². The molecule has 152 valence electrons. The number of ether oxygens (including phenoxy) is 1. The number of carbonyl (C=O) groups is 2. The third kappa shape index (κ3) is 3.75. The van der Waals surface area contributed by atoms with Crippen LogP contribution >= 0.6 is 0 Å². The summed E-state index contributed by atoms with van der Waals surface area (Å²) in [6.07, 6.45) is -0.597. The SMILES string of the molecule is O=C1O[C@H](CC(=O)N2CCN(S(=O)(=O)c3ccc(F)cc3)CC2)c2ccccc21. The fourth-order valence-electron chi connectivity index (χ4n) is 3.59. The maximum absolute atomic E-state index is 13.1. The third-order valence-electron chi connectivity index (χ3n) is 5.18. The Morgan fingerprint density at radius 1 is 1.03 bits per heavy atom. The van der Waals surface area contributed by atoms with E-state index in [2.05, 4.69) is 0 Å². The fraction of sp³-hybridized carbons (Fsp3) is 0.300. The van der Waals surface area contributed by atoms with Crippen LogP contribution in [-0.2, 0) is 19.6 Å². The molecular weight excluding hydrogens is 399 g/mol. The van der Waals surface area contributed by atoms with Gasteiger partial charge in [0.05, 0.1) is 16.9 Å². The Hall–Kier alpha value is -2.78. The van der Waals surface area contributed by atoms with Crippen LogP contribution in [0.4, 0.5) is 4.39 Å². The smallest absolute Gasteiger partial charge is 0.339 e. The zero-order valence-electron chi connectivity index (χ0n) is 15.5. The molecule has 2 aliphatic rings. The van der Waals surface area contributed by atoms with E-state index in [0.717, 1.165) is 12.1 Å². The van der Waals surface area contributed by atoms with Crippen molar-refractivity contribution in [2.45, 2.75) is 17.4 Å². The molecule has 2 aliphatic heterocycles. The van der Waals surface area contributed by atoms with Gasteiger partial charge in [0, 0.05) is 31.7 Å². The van der Waals surface area contributed by atoms with Crippen LogP contribution in [0.2, 0.25) is 0 Å². The highest BCUT2D eigenvalue weighted by Gasteiger charge is 2.35. The van der Waals surface area contributed by atoms with E-state index >= 15 is 0 Å². The minimum atomic E-state index is -3.74. The van der Waals surface area contributed by atoms with Gasteiger partial charge in [-0.25, -0.2) is 17.6 Å². The number of hydrogen-bond acceptors (Lipinski definition) is 5. The van der Waals surface area contributed by atoms with Crippen LogP contribution in [0.15, 0.2) is 53.4 Å². The molecule has 2 aromatic rings. The molecule has 0 aromatic heterocycles. The van der Waals surface area contributed by atoms with Crippen molar-refractivity contribution in [3.63, 3.8) is 0 Å². The van der Waals surface area contributed by atoms with Crippen molar-refractivity contribution in [2.24, 2.45) is 0 Å². The molecule has 2 aromatic carbocycles. The van der Waals surface area contributed by atoms with Crippen molar-refractivity contribution in [2.75, 3.05) is 26.2 Å². The quantitative estimate of drug-likeness (QED) is 0.709. The first-order valence-electron chi connectivity index (χ1n) is 9.19. The molecule has 0 radical (unpaired) electrons. The summed E-state index contributed by atoms with van der Waals surface area (Å²) in [6.45, 7) is 0.766. The maximum Gasteiger partial charge on any atom is 0.339 e. The second-order valence-corrected chi connectivity index (χ2v) is 8.86. The molecule has 0 saturated carbocycles. The summed E-state index contributed by atoms with van der Waals surface area (Å²) in [6, 6.07) is 11.6. The zero-order valence-corrected chi connectivity index (χ0v) is 16.3. The van der Waals surface area contributed by atoms with Gasteiger partial charge in [0.1, 0.15) is 11.9 Å². The molecule has 2 heterocycles. The molecule has 0 spiro atoms. The van der Waals surface area contributed by atoms with Gasteiger partial charge in [0.15, 0.2) is 0 Å². The molecule has 9 heteroatoms. The molecule has 29 heavy (non-hydrogen) atoms. The van der Waals surface area contributed by atoms with E-state index in [1.807, 2.05) is 0 Å².